The SMILES string of the molecule is C[C@H]1CCCN(C(=O)COC(=O)c2ccc(CS(C)(=O)=O)cc2)C1. The molecule has 7 heteroatoms. The Morgan fingerprint density at radius 1 is 1.25 bits per heavy atom. The molecule has 1 fully saturated rings. The Labute approximate surface area is 142 Å². The molecule has 0 bridgehead atoms. The zero-order valence-electron chi connectivity index (χ0n) is 14.0. The van der Waals surface area contributed by atoms with E-state index in [4.69, 9.17) is 4.74 Å². The molecule has 1 saturated heterocycles. The van der Waals surface area contributed by atoms with Crippen LogP contribution in [0, 0.1) is 5.92 Å². The van der Waals surface area contributed by atoms with Crippen LogP contribution in [0.3, 0.4) is 0 Å². The van der Waals surface area contributed by atoms with Gasteiger partial charge in [0.15, 0.2) is 16.4 Å². The molecule has 1 amide bonds. The van der Waals surface area contributed by atoms with Gasteiger partial charge in [0.05, 0.1) is 11.3 Å². The lowest BCUT2D eigenvalue weighted by molar-refractivity contribution is -0.136. The van der Waals surface area contributed by atoms with Crippen LogP contribution in [0.15, 0.2) is 24.3 Å². The summed E-state index contributed by atoms with van der Waals surface area (Å²) in [4.78, 5) is 25.8. The van der Waals surface area contributed by atoms with Crippen LogP contribution < -0.4 is 0 Å². The number of likely N-dealkylation sites (tertiary alicyclic amines) is 1. The van der Waals surface area contributed by atoms with Gasteiger partial charge in [-0.25, -0.2) is 13.2 Å². The van der Waals surface area contributed by atoms with E-state index >= 15 is 0 Å². The van der Waals surface area contributed by atoms with E-state index in [0.29, 0.717) is 30.1 Å². The van der Waals surface area contributed by atoms with Crippen molar-refractivity contribution in [2.75, 3.05) is 26.0 Å². The largest absolute Gasteiger partial charge is 0.452 e. The number of esters is 1. The molecular weight excluding hydrogens is 330 g/mol. The molecule has 0 N–H and O–H groups in total. The minimum Gasteiger partial charge on any atom is -0.452 e. The van der Waals surface area contributed by atoms with Crippen LogP contribution in [0.4, 0.5) is 0 Å². The van der Waals surface area contributed by atoms with Gasteiger partial charge in [-0.15, -0.1) is 0 Å². The Morgan fingerprint density at radius 3 is 2.50 bits per heavy atom. The smallest absolute Gasteiger partial charge is 0.338 e. The molecule has 0 aliphatic carbocycles. The van der Waals surface area contributed by atoms with Crippen molar-refractivity contribution in [1.29, 1.82) is 0 Å². The lowest BCUT2D eigenvalue weighted by Gasteiger charge is -2.30. The second-order valence-electron chi connectivity index (χ2n) is 6.43. The highest BCUT2D eigenvalue weighted by molar-refractivity contribution is 7.89. The van der Waals surface area contributed by atoms with Gasteiger partial charge in [0.2, 0.25) is 0 Å². The average molecular weight is 353 g/mol. The van der Waals surface area contributed by atoms with Gasteiger partial charge in [-0.05, 0) is 36.5 Å². The summed E-state index contributed by atoms with van der Waals surface area (Å²) in [7, 11) is -3.12. The van der Waals surface area contributed by atoms with Crippen molar-refractivity contribution in [2.45, 2.75) is 25.5 Å². The zero-order valence-corrected chi connectivity index (χ0v) is 14.8. The van der Waals surface area contributed by atoms with Gasteiger partial charge >= 0.3 is 5.97 Å². The maximum absolute atomic E-state index is 12.1. The van der Waals surface area contributed by atoms with Crippen LogP contribution >= 0.6 is 0 Å². The van der Waals surface area contributed by atoms with Crippen molar-refractivity contribution in [1.82, 2.24) is 4.90 Å². The summed E-state index contributed by atoms with van der Waals surface area (Å²) in [6.45, 7) is 3.25. The van der Waals surface area contributed by atoms with Crippen molar-refractivity contribution in [2.24, 2.45) is 5.92 Å². The lowest BCUT2D eigenvalue weighted by Crippen LogP contribution is -2.41. The number of nitrogens with zero attached hydrogens (tertiary/aromatic N) is 1. The second-order valence-corrected chi connectivity index (χ2v) is 8.57. The number of piperidine rings is 1. The average Bonchev–Trinajstić information content (AvgIpc) is 2.51. The van der Waals surface area contributed by atoms with Gasteiger partial charge in [0, 0.05) is 19.3 Å². The highest BCUT2D eigenvalue weighted by Gasteiger charge is 2.22. The fourth-order valence-electron chi connectivity index (χ4n) is 2.76. The van der Waals surface area contributed by atoms with Crippen LogP contribution in [-0.2, 0) is 25.1 Å². The standard InChI is InChI=1S/C17H23NO5S/c1-13-4-3-9-18(10-13)16(19)11-23-17(20)15-7-5-14(6-8-15)12-24(2,21)22/h5-8,13H,3-4,9-12H2,1-2H3/t13-/m0/s1. The normalized spacial score (nSPS) is 18.2. The first-order valence-electron chi connectivity index (χ1n) is 7.96. The number of ether oxygens (including phenoxy) is 1. The van der Waals surface area contributed by atoms with Gasteiger partial charge in [-0.3, -0.25) is 4.79 Å². The molecule has 1 aliphatic heterocycles. The number of benzene rings is 1. The highest BCUT2D eigenvalue weighted by atomic mass is 32.2. The molecule has 1 aromatic carbocycles. The molecule has 6 nitrogen and oxygen atoms in total. The van der Waals surface area contributed by atoms with E-state index in [1.165, 1.54) is 12.1 Å². The van der Waals surface area contributed by atoms with E-state index in [2.05, 4.69) is 6.92 Å². The third-order valence-electron chi connectivity index (χ3n) is 3.95. The summed E-state index contributed by atoms with van der Waals surface area (Å²) in [6, 6.07) is 6.17. The van der Waals surface area contributed by atoms with Crippen LogP contribution in [-0.4, -0.2) is 51.1 Å². The maximum Gasteiger partial charge on any atom is 0.338 e. The van der Waals surface area contributed by atoms with Gasteiger partial charge in [0.1, 0.15) is 0 Å². The minimum atomic E-state index is -3.12. The van der Waals surface area contributed by atoms with E-state index in [0.717, 1.165) is 19.1 Å². The lowest BCUT2D eigenvalue weighted by atomic mass is 10.0. The van der Waals surface area contributed by atoms with Gasteiger partial charge < -0.3 is 9.64 Å². The monoisotopic (exact) mass is 353 g/mol. The van der Waals surface area contributed by atoms with Gasteiger partial charge in [-0.2, -0.15) is 0 Å². The van der Waals surface area contributed by atoms with E-state index in [9.17, 15) is 18.0 Å². The number of amides is 1. The number of carbonyl (C=O) groups is 2. The number of sulfone groups is 1. The molecular formula is C17H23NO5S. The van der Waals surface area contributed by atoms with Crippen molar-refractivity contribution < 1.29 is 22.7 Å². The third kappa shape index (κ3) is 5.63. The van der Waals surface area contributed by atoms with Crippen LogP contribution in [0.5, 0.6) is 0 Å². The minimum absolute atomic E-state index is 0.0754. The second kappa shape index (κ2) is 7.79. The maximum atomic E-state index is 12.1. The predicted molar refractivity (Wildman–Crippen MR) is 90.3 cm³/mol. The number of hydrogen-bond donors (Lipinski definition) is 0. The fraction of sp³-hybridized carbons (Fsp3) is 0.529. The molecule has 1 aromatic rings. The van der Waals surface area contributed by atoms with Gasteiger partial charge in [0.25, 0.3) is 5.91 Å². The predicted octanol–water partition coefficient (Wildman–Crippen LogP) is 1.65. The molecule has 0 spiro atoms. The summed E-state index contributed by atoms with van der Waals surface area (Å²) in [5, 5.41) is 0. The van der Waals surface area contributed by atoms with E-state index in [-0.39, 0.29) is 18.3 Å². The van der Waals surface area contributed by atoms with E-state index < -0.39 is 15.8 Å². The fourth-order valence-corrected chi connectivity index (χ4v) is 3.56. The van der Waals surface area contributed by atoms with Crippen LogP contribution in [0.25, 0.3) is 0 Å². The molecule has 2 rings (SSSR count). The Bertz CT molecular complexity index is 696. The molecule has 0 aromatic heterocycles. The Kier molecular flexibility index (Phi) is 5.99. The quantitative estimate of drug-likeness (QED) is 0.752. The first-order valence-corrected chi connectivity index (χ1v) is 10.0. The van der Waals surface area contributed by atoms with Crippen LogP contribution in [0.1, 0.15) is 35.7 Å². The number of rotatable bonds is 5. The summed E-state index contributed by atoms with van der Waals surface area (Å²) in [5.41, 5.74) is 0.902. The number of hydrogen-bond acceptors (Lipinski definition) is 5. The van der Waals surface area contributed by atoms with Crippen molar-refractivity contribution in [3.63, 3.8) is 0 Å². The summed E-state index contributed by atoms with van der Waals surface area (Å²) < 4.78 is 27.5. The first-order chi connectivity index (χ1) is 11.2. The molecule has 0 saturated carbocycles. The molecule has 1 heterocycles. The first kappa shape index (κ1) is 18.4. The Morgan fingerprint density at radius 2 is 1.92 bits per heavy atom. The Hall–Kier alpha value is -1.89. The third-order valence-corrected chi connectivity index (χ3v) is 4.81. The molecule has 132 valence electrons. The summed E-state index contributed by atoms with van der Waals surface area (Å²) in [6.07, 6.45) is 3.24. The number of carbonyl (C=O) groups excluding carboxylic acids is 2. The van der Waals surface area contributed by atoms with Crippen molar-refractivity contribution in [3.8, 4) is 0 Å². The molecule has 24 heavy (non-hydrogen) atoms. The summed E-state index contributed by atoms with van der Waals surface area (Å²) in [5.74, 6) is -0.364. The van der Waals surface area contributed by atoms with E-state index in [1.807, 2.05) is 0 Å². The van der Waals surface area contributed by atoms with E-state index in [1.54, 1.807) is 17.0 Å². The molecule has 1 atom stereocenters. The molecule has 0 radical (unpaired) electrons. The van der Waals surface area contributed by atoms with Crippen LogP contribution in [0.2, 0.25) is 0 Å². The molecule has 1 aliphatic rings. The van der Waals surface area contributed by atoms with Crippen molar-refractivity contribution >= 4 is 21.7 Å². The molecule has 0 unspecified atom stereocenters. The van der Waals surface area contributed by atoms with Gasteiger partial charge in [-0.1, -0.05) is 19.1 Å². The van der Waals surface area contributed by atoms with Crippen molar-refractivity contribution in [3.05, 3.63) is 35.4 Å². The summed E-state index contributed by atoms with van der Waals surface area (Å²) >= 11 is 0. The topological polar surface area (TPSA) is 80.8 Å². The highest BCUT2D eigenvalue weighted by Crippen LogP contribution is 2.15. The zero-order chi connectivity index (χ0) is 17.7. The Balaban J connectivity index is 1.87.